The molecule has 7 heteroatoms. The first kappa shape index (κ1) is 17.9. The molecule has 0 bridgehead atoms. The number of halogens is 1. The number of nitrogens with two attached hydrogens (primary N) is 1. The first-order valence-electron chi connectivity index (χ1n) is 8.69. The average molecular weight is 362 g/mol. The average Bonchev–Trinajstić information content (AvgIpc) is 2.95. The van der Waals surface area contributed by atoms with E-state index in [1.165, 1.54) is 19.4 Å². The molecule has 1 aliphatic rings. The lowest BCUT2D eigenvalue weighted by Crippen LogP contribution is -2.32. The van der Waals surface area contributed by atoms with Crippen LogP contribution < -0.4 is 5.73 Å². The molecule has 1 unspecified atom stereocenters. The van der Waals surface area contributed by atoms with Gasteiger partial charge in [-0.3, -0.25) is 4.79 Å². The second-order valence-corrected chi connectivity index (χ2v) is 7.17. The fourth-order valence-electron chi connectivity index (χ4n) is 3.44. The fraction of sp³-hybridized carbons (Fsp3) is 0.500. The van der Waals surface area contributed by atoms with E-state index >= 15 is 0 Å². The Morgan fingerprint density at radius 1 is 1.40 bits per heavy atom. The van der Waals surface area contributed by atoms with Crippen LogP contribution >= 0.6 is 11.6 Å². The number of piperidine rings is 1. The number of benzene rings is 1. The molecule has 3 rings (SSSR count). The van der Waals surface area contributed by atoms with Crippen molar-refractivity contribution >= 4 is 17.5 Å². The molecule has 6 nitrogen and oxygen atoms in total. The van der Waals surface area contributed by atoms with Crippen LogP contribution in [-0.4, -0.2) is 45.7 Å². The Morgan fingerprint density at radius 2 is 2.20 bits per heavy atom. The summed E-state index contributed by atoms with van der Waals surface area (Å²) in [6.45, 7) is 2.30. The number of amides is 1. The number of aromatic nitrogens is 3. The predicted molar refractivity (Wildman–Crippen MR) is 97.8 cm³/mol. The van der Waals surface area contributed by atoms with E-state index < -0.39 is 5.91 Å². The molecule has 1 amide bonds. The van der Waals surface area contributed by atoms with Gasteiger partial charge < -0.3 is 10.6 Å². The van der Waals surface area contributed by atoms with Gasteiger partial charge in [-0.25, -0.2) is 9.67 Å². The maximum absolute atomic E-state index is 11.2. The van der Waals surface area contributed by atoms with E-state index in [2.05, 4.69) is 22.0 Å². The topological polar surface area (TPSA) is 77.0 Å². The van der Waals surface area contributed by atoms with Gasteiger partial charge in [0.15, 0.2) is 5.82 Å². The van der Waals surface area contributed by atoms with E-state index in [4.69, 9.17) is 17.3 Å². The molecule has 134 valence electrons. The minimum Gasteiger partial charge on any atom is -0.369 e. The van der Waals surface area contributed by atoms with Crippen molar-refractivity contribution in [3.05, 3.63) is 40.9 Å². The highest BCUT2D eigenvalue weighted by atomic mass is 35.5. The molecule has 0 aliphatic carbocycles. The molecule has 1 aliphatic heterocycles. The molecule has 1 atom stereocenters. The third-order valence-electron chi connectivity index (χ3n) is 4.63. The van der Waals surface area contributed by atoms with Crippen molar-refractivity contribution in [3.63, 3.8) is 0 Å². The number of carbonyl (C=O) groups excluding carboxylic acids is 1. The number of rotatable bonds is 6. The Labute approximate surface area is 153 Å². The quantitative estimate of drug-likeness (QED) is 0.855. The Hall–Kier alpha value is -1.92. The zero-order valence-electron chi connectivity index (χ0n) is 14.5. The second-order valence-electron chi connectivity index (χ2n) is 6.76. The van der Waals surface area contributed by atoms with Crippen LogP contribution in [0.25, 0.3) is 5.69 Å². The van der Waals surface area contributed by atoms with E-state index in [0.29, 0.717) is 16.8 Å². The molecule has 25 heavy (non-hydrogen) atoms. The van der Waals surface area contributed by atoms with Gasteiger partial charge in [-0.1, -0.05) is 23.7 Å². The largest absolute Gasteiger partial charge is 0.369 e. The molecule has 1 saturated heterocycles. The number of hydrogen-bond donors (Lipinski definition) is 1. The normalized spacial score (nSPS) is 18.4. The standard InChI is InChI=1S/C18H24ClN5O/c1-23-10-4-5-13(12-23)8-9-18-21-17(11-16(20)25)22-24(18)15-7-3-2-6-14(15)19/h2-3,6-7,13H,4-5,8-12H2,1H3,(H2,20,25). The van der Waals surface area contributed by atoms with Crippen LogP contribution in [0.4, 0.5) is 0 Å². The van der Waals surface area contributed by atoms with E-state index in [-0.39, 0.29) is 6.42 Å². The lowest BCUT2D eigenvalue weighted by atomic mass is 9.93. The summed E-state index contributed by atoms with van der Waals surface area (Å²) in [5.41, 5.74) is 6.08. The zero-order chi connectivity index (χ0) is 17.8. The van der Waals surface area contributed by atoms with Crippen molar-refractivity contribution in [2.45, 2.75) is 32.1 Å². The van der Waals surface area contributed by atoms with Gasteiger partial charge in [0.1, 0.15) is 5.82 Å². The van der Waals surface area contributed by atoms with Crippen molar-refractivity contribution in [2.75, 3.05) is 20.1 Å². The molecule has 0 radical (unpaired) electrons. The molecule has 2 heterocycles. The summed E-state index contributed by atoms with van der Waals surface area (Å²) in [6.07, 6.45) is 4.37. The van der Waals surface area contributed by atoms with Crippen LogP contribution in [0.3, 0.4) is 0 Å². The van der Waals surface area contributed by atoms with E-state index in [1.807, 2.05) is 24.3 Å². The third-order valence-corrected chi connectivity index (χ3v) is 4.95. The molecule has 1 fully saturated rings. The number of likely N-dealkylation sites (tertiary alicyclic amines) is 1. The van der Waals surface area contributed by atoms with Crippen molar-refractivity contribution in [1.82, 2.24) is 19.7 Å². The van der Waals surface area contributed by atoms with Crippen LogP contribution in [0.5, 0.6) is 0 Å². The lowest BCUT2D eigenvalue weighted by molar-refractivity contribution is -0.117. The number of primary amides is 1. The molecule has 0 spiro atoms. The van der Waals surface area contributed by atoms with Gasteiger partial charge in [-0.2, -0.15) is 5.10 Å². The summed E-state index contributed by atoms with van der Waals surface area (Å²) in [5, 5.41) is 5.08. The van der Waals surface area contributed by atoms with Crippen molar-refractivity contribution < 1.29 is 4.79 Å². The van der Waals surface area contributed by atoms with E-state index in [0.717, 1.165) is 30.9 Å². The second kappa shape index (κ2) is 7.97. The van der Waals surface area contributed by atoms with Gasteiger partial charge in [0.05, 0.1) is 17.1 Å². The summed E-state index contributed by atoms with van der Waals surface area (Å²) < 4.78 is 1.76. The maximum Gasteiger partial charge on any atom is 0.225 e. The smallest absolute Gasteiger partial charge is 0.225 e. The SMILES string of the molecule is CN1CCCC(CCc2nc(CC(N)=O)nn2-c2ccccc2Cl)C1. The monoisotopic (exact) mass is 361 g/mol. The summed E-state index contributed by atoms with van der Waals surface area (Å²) >= 11 is 6.33. The van der Waals surface area contributed by atoms with Crippen LogP contribution in [0.1, 0.15) is 30.9 Å². The highest BCUT2D eigenvalue weighted by molar-refractivity contribution is 6.32. The van der Waals surface area contributed by atoms with Crippen LogP contribution in [0.2, 0.25) is 5.02 Å². The lowest BCUT2D eigenvalue weighted by Gasteiger charge is -2.29. The highest BCUT2D eigenvalue weighted by Crippen LogP contribution is 2.24. The van der Waals surface area contributed by atoms with Gasteiger partial charge in [-0.05, 0) is 50.9 Å². The first-order valence-corrected chi connectivity index (χ1v) is 9.07. The van der Waals surface area contributed by atoms with Crippen LogP contribution in [-0.2, 0) is 17.6 Å². The maximum atomic E-state index is 11.2. The number of para-hydroxylation sites is 1. The van der Waals surface area contributed by atoms with Gasteiger partial charge in [-0.15, -0.1) is 0 Å². The van der Waals surface area contributed by atoms with E-state index in [1.54, 1.807) is 4.68 Å². The fourth-order valence-corrected chi connectivity index (χ4v) is 3.66. The number of aryl methyl sites for hydroxylation is 1. The Morgan fingerprint density at radius 3 is 2.92 bits per heavy atom. The predicted octanol–water partition coefficient (Wildman–Crippen LogP) is 2.22. The first-order chi connectivity index (χ1) is 12.0. The molecule has 1 aromatic carbocycles. The summed E-state index contributed by atoms with van der Waals surface area (Å²) in [6, 6.07) is 7.52. The molecule has 2 aromatic rings. The Kier molecular flexibility index (Phi) is 5.71. The summed E-state index contributed by atoms with van der Waals surface area (Å²) in [4.78, 5) is 18.2. The third kappa shape index (κ3) is 4.58. The molecule has 2 N–H and O–H groups in total. The minimum absolute atomic E-state index is 0.0383. The van der Waals surface area contributed by atoms with Gasteiger partial charge in [0.25, 0.3) is 0 Å². The summed E-state index contributed by atoms with van der Waals surface area (Å²) in [5.74, 6) is 1.51. The Balaban J connectivity index is 1.82. The molecule has 0 saturated carbocycles. The van der Waals surface area contributed by atoms with Gasteiger partial charge in [0.2, 0.25) is 5.91 Å². The Bertz CT molecular complexity index is 745. The highest BCUT2D eigenvalue weighted by Gasteiger charge is 2.20. The molecule has 1 aromatic heterocycles. The van der Waals surface area contributed by atoms with Crippen molar-refractivity contribution in [2.24, 2.45) is 11.7 Å². The van der Waals surface area contributed by atoms with Crippen molar-refractivity contribution in [1.29, 1.82) is 0 Å². The summed E-state index contributed by atoms with van der Waals surface area (Å²) in [7, 11) is 2.17. The van der Waals surface area contributed by atoms with Crippen molar-refractivity contribution in [3.8, 4) is 5.69 Å². The number of nitrogens with zero attached hydrogens (tertiary/aromatic N) is 4. The number of carbonyl (C=O) groups is 1. The molecular weight excluding hydrogens is 338 g/mol. The zero-order valence-corrected chi connectivity index (χ0v) is 15.2. The van der Waals surface area contributed by atoms with E-state index in [9.17, 15) is 4.79 Å². The number of hydrogen-bond acceptors (Lipinski definition) is 4. The van der Waals surface area contributed by atoms with Crippen LogP contribution in [0.15, 0.2) is 24.3 Å². The van der Waals surface area contributed by atoms with Gasteiger partial charge >= 0.3 is 0 Å². The molecular formula is C18H24ClN5O. The minimum atomic E-state index is -0.434. The van der Waals surface area contributed by atoms with Gasteiger partial charge in [0, 0.05) is 13.0 Å². The van der Waals surface area contributed by atoms with Crippen LogP contribution in [0, 0.1) is 5.92 Å².